The van der Waals surface area contributed by atoms with Gasteiger partial charge >= 0.3 is 0 Å². The van der Waals surface area contributed by atoms with Gasteiger partial charge in [-0.2, -0.15) is 0 Å². The van der Waals surface area contributed by atoms with Crippen molar-refractivity contribution in [2.24, 2.45) is 7.05 Å². The van der Waals surface area contributed by atoms with Crippen LogP contribution in [0.5, 0.6) is 0 Å². The number of fused-ring (bicyclic) bond motifs is 2. The summed E-state index contributed by atoms with van der Waals surface area (Å²) in [6.45, 7) is 24.1. The molecule has 1 aromatic heterocycles. The van der Waals surface area contributed by atoms with E-state index >= 15 is 0 Å². The maximum absolute atomic E-state index is 14.9. The van der Waals surface area contributed by atoms with Crippen molar-refractivity contribution in [1.29, 1.82) is 0 Å². The fourth-order valence-corrected chi connectivity index (χ4v) is 27.6. The minimum absolute atomic E-state index is 0.217. The summed E-state index contributed by atoms with van der Waals surface area (Å²) in [4.78, 5) is 61.2. The SMILES string of the molecule is C[n+]1ccn(CCCCCN2C(=O)c3ccc4c5ccc6c7c(ccc(c8ccc(c3c48)C2=O)c75)C(=O)N(C(CCCC[Si](C)(C)O[Si](C)(C)C)CCCC[Si](C)(C)O[Si](C)(C)C)C6=O)c1. The number of imidazole rings is 1. The van der Waals surface area contributed by atoms with Crippen molar-refractivity contribution in [2.45, 2.75) is 148 Å². The van der Waals surface area contributed by atoms with Crippen molar-refractivity contribution in [3.63, 3.8) is 0 Å². The van der Waals surface area contributed by atoms with E-state index in [9.17, 15) is 19.2 Å². The lowest BCUT2D eigenvalue weighted by Gasteiger charge is -2.35. The van der Waals surface area contributed by atoms with Crippen LogP contribution in [-0.4, -0.2) is 83.9 Å². The monoisotopic (exact) mass is 959 g/mol. The number of hydrogen-bond acceptors (Lipinski definition) is 6. The average molecular weight is 961 g/mol. The molecule has 66 heavy (non-hydrogen) atoms. The molecule has 0 fully saturated rings. The van der Waals surface area contributed by atoms with E-state index in [0.717, 1.165) is 109 Å². The third-order valence-electron chi connectivity index (χ3n) is 13.5. The zero-order valence-corrected chi connectivity index (χ0v) is 45.4. The third-order valence-corrected chi connectivity index (χ3v) is 26.0. The highest BCUT2D eigenvalue weighted by molar-refractivity contribution is 6.84. The zero-order valence-electron chi connectivity index (χ0n) is 41.4. The lowest BCUT2D eigenvalue weighted by molar-refractivity contribution is -0.671. The smallest absolute Gasteiger partial charge is 0.261 e. The van der Waals surface area contributed by atoms with Crippen molar-refractivity contribution in [2.75, 3.05) is 6.54 Å². The molecule has 3 heterocycles. The highest BCUT2D eigenvalue weighted by atomic mass is 28.4. The van der Waals surface area contributed by atoms with Crippen LogP contribution >= 0.6 is 0 Å². The van der Waals surface area contributed by atoms with Crippen LogP contribution < -0.4 is 4.57 Å². The Kier molecular flexibility index (Phi) is 13.3. The molecule has 6 aromatic rings. The molecule has 0 saturated carbocycles. The number of hydrogen-bond donors (Lipinski definition) is 0. The van der Waals surface area contributed by atoms with E-state index in [0.29, 0.717) is 39.6 Å². The van der Waals surface area contributed by atoms with Gasteiger partial charge in [0.15, 0.2) is 33.3 Å². The van der Waals surface area contributed by atoms with E-state index < -0.39 is 33.3 Å². The number of rotatable bonds is 21. The molecule has 0 N–H and O–H groups in total. The van der Waals surface area contributed by atoms with E-state index in [2.05, 4.69) is 82.6 Å². The van der Waals surface area contributed by atoms with Gasteiger partial charge in [0.1, 0.15) is 12.4 Å². The molecule has 350 valence electrons. The van der Waals surface area contributed by atoms with Crippen molar-refractivity contribution >= 4 is 100.0 Å². The fourth-order valence-electron chi connectivity index (χ4n) is 11.3. The minimum Gasteiger partial charge on any atom is -0.456 e. The van der Waals surface area contributed by atoms with Crippen molar-refractivity contribution in [1.82, 2.24) is 14.4 Å². The van der Waals surface area contributed by atoms with Crippen LogP contribution in [0.2, 0.25) is 77.6 Å². The van der Waals surface area contributed by atoms with Crippen molar-refractivity contribution in [3.05, 3.63) is 89.5 Å². The van der Waals surface area contributed by atoms with Gasteiger partial charge in [0.25, 0.3) is 23.6 Å². The molecular formula is C52H71N4O6Si4+. The Labute approximate surface area is 395 Å². The van der Waals surface area contributed by atoms with E-state index in [1.165, 1.54) is 4.90 Å². The minimum atomic E-state index is -1.84. The predicted molar refractivity (Wildman–Crippen MR) is 278 cm³/mol. The van der Waals surface area contributed by atoms with Crippen LogP contribution in [0.4, 0.5) is 0 Å². The van der Waals surface area contributed by atoms with Crippen LogP contribution in [0, 0.1) is 0 Å². The first-order valence-electron chi connectivity index (χ1n) is 24.4. The molecule has 0 bridgehead atoms. The number of aryl methyl sites for hydroxylation is 2. The fraction of sp³-hybridized carbons (Fsp3) is 0.481. The number of benzene rings is 5. The Bertz CT molecular complexity index is 2700. The summed E-state index contributed by atoms with van der Waals surface area (Å²) >= 11 is 0. The Morgan fingerprint density at radius 2 is 0.909 bits per heavy atom. The Morgan fingerprint density at radius 1 is 0.500 bits per heavy atom. The van der Waals surface area contributed by atoms with Gasteiger partial charge in [0, 0.05) is 45.6 Å². The van der Waals surface area contributed by atoms with Crippen molar-refractivity contribution < 1.29 is 32.0 Å². The summed E-state index contributed by atoms with van der Waals surface area (Å²) in [5, 5.41) is 6.77. The molecule has 0 unspecified atom stereocenters. The van der Waals surface area contributed by atoms with Gasteiger partial charge in [-0.3, -0.25) is 29.0 Å². The maximum Gasteiger partial charge on any atom is 0.261 e. The normalized spacial score (nSPS) is 15.1. The van der Waals surface area contributed by atoms with Gasteiger partial charge in [-0.25, -0.2) is 9.13 Å². The topological polar surface area (TPSA) is 102 Å². The number of carbonyl (C=O) groups excluding carboxylic acids is 4. The summed E-state index contributed by atoms with van der Waals surface area (Å²) in [6, 6.07) is 17.5. The summed E-state index contributed by atoms with van der Waals surface area (Å²) in [5.74, 6) is -0.958. The van der Waals surface area contributed by atoms with Gasteiger partial charge in [-0.1, -0.05) is 49.9 Å². The second-order valence-electron chi connectivity index (χ2n) is 22.4. The molecule has 0 spiro atoms. The Morgan fingerprint density at radius 3 is 1.30 bits per heavy atom. The molecule has 0 saturated heterocycles. The molecule has 5 aromatic carbocycles. The summed E-state index contributed by atoms with van der Waals surface area (Å²) in [6.07, 6.45) is 14.1. The third kappa shape index (κ3) is 9.82. The highest BCUT2D eigenvalue weighted by Crippen LogP contribution is 2.47. The van der Waals surface area contributed by atoms with Crippen LogP contribution in [0.15, 0.2) is 67.3 Å². The average Bonchev–Trinajstić information content (AvgIpc) is 3.64. The number of imide groups is 2. The van der Waals surface area contributed by atoms with Gasteiger partial charge in [-0.15, -0.1) is 0 Å². The van der Waals surface area contributed by atoms with Crippen LogP contribution in [0.1, 0.15) is 99.2 Å². The molecule has 2 aliphatic rings. The van der Waals surface area contributed by atoms with Crippen LogP contribution in [0.25, 0.3) is 43.1 Å². The number of unbranched alkanes of at least 4 members (excludes halogenated alkanes) is 4. The van der Waals surface area contributed by atoms with Gasteiger partial charge in [-0.05, 0) is 166 Å². The number of carbonyl (C=O) groups is 4. The maximum atomic E-state index is 14.9. The van der Waals surface area contributed by atoms with Gasteiger partial charge in [0.05, 0.1) is 13.6 Å². The molecule has 2 aliphatic heterocycles. The van der Waals surface area contributed by atoms with E-state index in [-0.39, 0.29) is 29.7 Å². The van der Waals surface area contributed by atoms with Crippen LogP contribution in [-0.2, 0) is 21.8 Å². The first-order valence-corrected chi connectivity index (χ1v) is 37.4. The second-order valence-corrected chi connectivity index (χ2v) is 40.5. The first-order chi connectivity index (χ1) is 31.0. The van der Waals surface area contributed by atoms with E-state index in [4.69, 9.17) is 8.23 Å². The van der Waals surface area contributed by atoms with Crippen LogP contribution in [0.3, 0.4) is 0 Å². The number of nitrogens with zero attached hydrogens (tertiary/aromatic N) is 4. The number of amides is 4. The molecule has 0 radical (unpaired) electrons. The summed E-state index contributed by atoms with van der Waals surface area (Å²) in [5.41, 5.74) is 2.19. The Balaban J connectivity index is 1.08. The standard InChI is InChI=1S/C52H71N4O6Si4/c1-53-31-32-54(35-53)29-15-12-16-30-55-49(57)41-25-21-37-39-23-27-43-48-44(28-24-40(46(39)48)38-22-26-42(50(55)58)47(41)45(37)38)52(60)56(51(43)59)36(19-13-17-33-65(8,9)61-63(2,3)4)20-14-18-34-66(10,11)62-64(5,6)7/h21-28,31-32,35-36H,12-20,29-30,33-34H2,1-11H3/q+1. The second kappa shape index (κ2) is 18.3. The molecule has 14 heteroatoms. The highest BCUT2D eigenvalue weighted by Gasteiger charge is 2.40. The molecular weight excluding hydrogens is 889 g/mol. The lowest BCUT2D eigenvalue weighted by Crippen LogP contribution is -2.47. The molecule has 4 amide bonds. The summed E-state index contributed by atoms with van der Waals surface area (Å²) in [7, 11) is -5.01. The zero-order chi connectivity index (χ0) is 47.5. The molecule has 8 rings (SSSR count). The molecule has 0 aliphatic carbocycles. The molecule has 0 atom stereocenters. The lowest BCUT2D eigenvalue weighted by atomic mass is 9.82. The Hall–Kier alpha value is -4.32. The van der Waals surface area contributed by atoms with Crippen molar-refractivity contribution in [3.8, 4) is 0 Å². The molecule has 10 nitrogen and oxygen atoms in total. The van der Waals surface area contributed by atoms with E-state index in [1.807, 2.05) is 66.3 Å². The first kappa shape index (κ1) is 48.1. The van der Waals surface area contributed by atoms with E-state index in [1.54, 1.807) is 4.90 Å². The van der Waals surface area contributed by atoms with Gasteiger partial charge in [0.2, 0.25) is 6.33 Å². The quantitative estimate of drug-likeness (QED) is 0.0178. The predicted octanol–water partition coefficient (Wildman–Crippen LogP) is 12.2. The largest absolute Gasteiger partial charge is 0.456 e. The van der Waals surface area contributed by atoms with Gasteiger partial charge < -0.3 is 8.23 Å². The number of aromatic nitrogens is 2. The summed E-state index contributed by atoms with van der Waals surface area (Å²) < 4.78 is 17.5.